The molecular formula is C15H23NO. The van der Waals surface area contributed by atoms with Crippen molar-refractivity contribution in [3.63, 3.8) is 0 Å². The predicted octanol–water partition coefficient (Wildman–Crippen LogP) is 3.66. The summed E-state index contributed by atoms with van der Waals surface area (Å²) in [5.41, 5.74) is -0.129. The molecule has 0 N–H and O–H groups in total. The molecule has 0 aromatic rings. The summed E-state index contributed by atoms with van der Waals surface area (Å²) < 4.78 is 6.46. The zero-order chi connectivity index (χ0) is 12.1. The van der Waals surface area contributed by atoms with Crippen molar-refractivity contribution in [2.45, 2.75) is 70.0 Å². The maximum absolute atomic E-state index is 8.88. The Morgan fingerprint density at radius 3 is 2.00 bits per heavy atom. The second kappa shape index (κ2) is 3.72. The monoisotopic (exact) mass is 233 g/mol. The quantitative estimate of drug-likeness (QED) is 0.745. The summed E-state index contributed by atoms with van der Waals surface area (Å²) in [5, 5.41) is 8.88. The topological polar surface area (TPSA) is 33.0 Å². The third-order valence-corrected chi connectivity index (χ3v) is 4.98. The molecule has 0 heterocycles. The molecule has 0 radical (unpaired) electrons. The largest absolute Gasteiger partial charge is 0.368 e. The highest BCUT2D eigenvalue weighted by Crippen LogP contribution is 2.58. The summed E-state index contributed by atoms with van der Waals surface area (Å²) in [7, 11) is 0. The summed E-state index contributed by atoms with van der Waals surface area (Å²) in [4.78, 5) is 0. The molecule has 0 aliphatic heterocycles. The molecular weight excluding hydrogens is 210 g/mol. The van der Waals surface area contributed by atoms with E-state index in [1.54, 1.807) is 0 Å². The van der Waals surface area contributed by atoms with E-state index in [1.807, 2.05) is 0 Å². The van der Waals surface area contributed by atoms with E-state index in [1.165, 1.54) is 38.5 Å². The van der Waals surface area contributed by atoms with Gasteiger partial charge in [0.25, 0.3) is 0 Å². The van der Waals surface area contributed by atoms with Crippen molar-refractivity contribution in [2.24, 2.45) is 17.8 Å². The van der Waals surface area contributed by atoms with Gasteiger partial charge in [-0.3, -0.25) is 0 Å². The lowest BCUT2D eigenvalue weighted by atomic mass is 9.54. The van der Waals surface area contributed by atoms with Crippen molar-refractivity contribution >= 4 is 0 Å². The van der Waals surface area contributed by atoms with E-state index in [2.05, 4.69) is 19.9 Å². The van der Waals surface area contributed by atoms with Crippen LogP contribution in [0.1, 0.15) is 58.8 Å². The van der Waals surface area contributed by atoms with E-state index >= 15 is 0 Å². The second-order valence-electron chi connectivity index (χ2n) is 7.30. The van der Waals surface area contributed by atoms with Crippen LogP contribution in [0.3, 0.4) is 0 Å². The Kier molecular flexibility index (Phi) is 2.52. The lowest BCUT2D eigenvalue weighted by Gasteiger charge is -2.58. The van der Waals surface area contributed by atoms with Crippen LogP contribution in [-0.4, -0.2) is 11.2 Å². The zero-order valence-corrected chi connectivity index (χ0v) is 11.0. The van der Waals surface area contributed by atoms with Crippen LogP contribution in [0, 0.1) is 29.1 Å². The predicted molar refractivity (Wildman–Crippen MR) is 66.3 cm³/mol. The minimum Gasteiger partial charge on any atom is -0.368 e. The van der Waals surface area contributed by atoms with Crippen molar-refractivity contribution < 1.29 is 4.74 Å². The summed E-state index contributed by atoms with van der Waals surface area (Å²) in [6, 6.07) is 2.27. The molecule has 0 aromatic carbocycles. The molecule has 17 heavy (non-hydrogen) atoms. The van der Waals surface area contributed by atoms with Crippen LogP contribution in [0.5, 0.6) is 0 Å². The fourth-order valence-electron chi connectivity index (χ4n) is 4.97. The van der Waals surface area contributed by atoms with E-state index in [0.717, 1.165) is 17.8 Å². The number of nitriles is 1. The van der Waals surface area contributed by atoms with Gasteiger partial charge in [-0.15, -0.1) is 0 Å². The average molecular weight is 233 g/mol. The normalized spacial score (nSPS) is 43.7. The molecule has 2 heteroatoms. The van der Waals surface area contributed by atoms with Gasteiger partial charge in [0.2, 0.25) is 0 Å². The van der Waals surface area contributed by atoms with Gasteiger partial charge < -0.3 is 4.74 Å². The third kappa shape index (κ3) is 2.10. The number of hydrogen-bond acceptors (Lipinski definition) is 2. The fraction of sp³-hybridized carbons (Fsp3) is 0.933. The summed E-state index contributed by atoms with van der Waals surface area (Å²) in [6.07, 6.45) is 8.62. The highest BCUT2D eigenvalue weighted by atomic mass is 16.5. The highest BCUT2D eigenvalue weighted by molar-refractivity contribution is 5.04. The molecule has 0 saturated heterocycles. The molecule has 94 valence electrons. The van der Waals surface area contributed by atoms with Crippen molar-refractivity contribution in [3.05, 3.63) is 0 Å². The van der Waals surface area contributed by atoms with Gasteiger partial charge >= 0.3 is 0 Å². The van der Waals surface area contributed by atoms with Crippen molar-refractivity contribution in [3.8, 4) is 6.07 Å². The number of rotatable bonds is 3. The van der Waals surface area contributed by atoms with Gasteiger partial charge in [0.1, 0.15) is 0 Å². The minimum absolute atomic E-state index is 0.134. The molecule has 0 spiro atoms. The smallest absolute Gasteiger partial charge is 0.0763 e. The van der Waals surface area contributed by atoms with Gasteiger partial charge in [0.05, 0.1) is 23.7 Å². The molecule has 0 unspecified atom stereocenters. The Hall–Kier alpha value is -0.550. The molecule has 4 saturated carbocycles. The molecule has 0 amide bonds. The van der Waals surface area contributed by atoms with Crippen molar-refractivity contribution in [1.82, 2.24) is 0 Å². The lowest BCUT2D eigenvalue weighted by molar-refractivity contribution is -0.213. The van der Waals surface area contributed by atoms with Gasteiger partial charge in [0, 0.05) is 0 Å². The van der Waals surface area contributed by atoms with Crippen molar-refractivity contribution in [1.29, 1.82) is 5.26 Å². The Morgan fingerprint density at radius 2 is 1.59 bits per heavy atom. The highest BCUT2D eigenvalue weighted by Gasteiger charge is 2.53. The second-order valence-corrected chi connectivity index (χ2v) is 7.30. The van der Waals surface area contributed by atoms with Crippen molar-refractivity contribution in [2.75, 3.05) is 0 Å². The standard InChI is InChI=1S/C15H23NO/c1-14(2,3-4-16)17-15-8-11-5-12(9-15)7-13(6-11)10-15/h11-13H,3,5-10H2,1-2H3. The minimum atomic E-state index is -0.263. The number of nitrogens with zero attached hydrogens (tertiary/aromatic N) is 1. The zero-order valence-electron chi connectivity index (χ0n) is 11.0. The molecule has 4 bridgehead atoms. The number of hydrogen-bond donors (Lipinski definition) is 0. The van der Waals surface area contributed by atoms with Crippen LogP contribution in [-0.2, 0) is 4.74 Å². The summed E-state index contributed by atoms with van der Waals surface area (Å²) >= 11 is 0. The van der Waals surface area contributed by atoms with E-state index in [-0.39, 0.29) is 11.2 Å². The van der Waals surface area contributed by atoms with Gasteiger partial charge in [-0.2, -0.15) is 5.26 Å². The first kappa shape index (κ1) is 11.5. The summed E-state index contributed by atoms with van der Waals surface area (Å²) in [5.74, 6) is 2.75. The van der Waals surface area contributed by atoms with E-state index in [0.29, 0.717) is 6.42 Å². The molecule has 0 aromatic heterocycles. The Labute approximate surface area is 104 Å². The molecule has 4 rings (SSSR count). The van der Waals surface area contributed by atoms with E-state index < -0.39 is 0 Å². The molecule has 4 fully saturated rings. The maximum Gasteiger partial charge on any atom is 0.0763 e. The fourth-order valence-corrected chi connectivity index (χ4v) is 4.97. The maximum atomic E-state index is 8.88. The third-order valence-electron chi connectivity index (χ3n) is 4.98. The van der Waals surface area contributed by atoms with Crippen LogP contribution in [0.15, 0.2) is 0 Å². The molecule has 4 aliphatic carbocycles. The van der Waals surface area contributed by atoms with Crippen LogP contribution < -0.4 is 0 Å². The molecule has 0 atom stereocenters. The van der Waals surface area contributed by atoms with Crippen LogP contribution in [0.2, 0.25) is 0 Å². The number of ether oxygens (including phenoxy) is 1. The lowest BCUT2D eigenvalue weighted by Crippen LogP contribution is -2.54. The first-order valence-corrected chi connectivity index (χ1v) is 7.07. The SMILES string of the molecule is CC(C)(CC#N)OC12CC3CC(CC(C3)C1)C2. The molecule has 2 nitrogen and oxygen atoms in total. The van der Waals surface area contributed by atoms with Crippen LogP contribution in [0.4, 0.5) is 0 Å². The first-order valence-electron chi connectivity index (χ1n) is 7.07. The molecule has 4 aliphatic rings. The van der Waals surface area contributed by atoms with Gasteiger partial charge in [-0.25, -0.2) is 0 Å². The Morgan fingerprint density at radius 1 is 1.12 bits per heavy atom. The Bertz CT molecular complexity index is 317. The van der Waals surface area contributed by atoms with E-state index in [4.69, 9.17) is 10.00 Å². The first-order chi connectivity index (χ1) is 8.00. The van der Waals surface area contributed by atoms with Crippen LogP contribution >= 0.6 is 0 Å². The van der Waals surface area contributed by atoms with Gasteiger partial charge in [-0.1, -0.05) is 0 Å². The van der Waals surface area contributed by atoms with Crippen LogP contribution in [0.25, 0.3) is 0 Å². The van der Waals surface area contributed by atoms with Gasteiger partial charge in [-0.05, 0) is 70.1 Å². The summed E-state index contributed by atoms with van der Waals surface area (Å²) in [6.45, 7) is 4.16. The van der Waals surface area contributed by atoms with E-state index in [9.17, 15) is 0 Å². The Balaban J connectivity index is 1.76. The average Bonchev–Trinajstić information content (AvgIpc) is 2.11. The van der Waals surface area contributed by atoms with Gasteiger partial charge in [0.15, 0.2) is 0 Å².